The summed E-state index contributed by atoms with van der Waals surface area (Å²) in [7, 11) is 0. The van der Waals surface area contributed by atoms with E-state index in [-0.39, 0.29) is 0 Å². The molecule has 0 aliphatic carbocycles. The fourth-order valence-corrected chi connectivity index (χ4v) is 3.59. The molecule has 0 radical (unpaired) electrons. The highest BCUT2D eigenvalue weighted by Gasteiger charge is 2.29. The lowest BCUT2D eigenvalue weighted by molar-refractivity contribution is 0.741. The standard InChI is InChI=1S/C12H14BrNS/c1-2-11-14-12(10(8-13)15-11)9-6-4-3-5-7-9/h3-7,10,12H,2,8H2,1H3/t10-,12-/m0/s1. The lowest BCUT2D eigenvalue weighted by Crippen LogP contribution is -2.10. The summed E-state index contributed by atoms with van der Waals surface area (Å²) in [5.74, 6) is 0. The number of nitrogens with zero attached hydrogens (tertiary/aromatic N) is 1. The van der Waals surface area contributed by atoms with Gasteiger partial charge in [-0.1, -0.05) is 53.2 Å². The summed E-state index contributed by atoms with van der Waals surface area (Å²) in [6.07, 6.45) is 1.05. The number of halogens is 1. The van der Waals surface area contributed by atoms with Crippen LogP contribution in [0.1, 0.15) is 24.9 Å². The smallest absolute Gasteiger partial charge is 0.0889 e. The van der Waals surface area contributed by atoms with Gasteiger partial charge in [0.05, 0.1) is 11.1 Å². The number of hydrogen-bond acceptors (Lipinski definition) is 2. The van der Waals surface area contributed by atoms with E-state index in [1.165, 1.54) is 10.6 Å². The zero-order valence-corrected chi connectivity index (χ0v) is 11.1. The first kappa shape index (κ1) is 11.2. The molecule has 3 heteroatoms. The first-order valence-electron chi connectivity index (χ1n) is 5.19. The summed E-state index contributed by atoms with van der Waals surface area (Å²) in [5, 5.41) is 2.85. The lowest BCUT2D eigenvalue weighted by Gasteiger charge is -2.14. The van der Waals surface area contributed by atoms with E-state index in [4.69, 9.17) is 4.99 Å². The molecule has 0 spiro atoms. The van der Waals surface area contributed by atoms with E-state index in [0.717, 1.165) is 11.8 Å². The molecule has 0 amide bonds. The Morgan fingerprint density at radius 1 is 1.33 bits per heavy atom. The Kier molecular flexibility index (Phi) is 3.87. The van der Waals surface area contributed by atoms with Crippen LogP contribution in [-0.2, 0) is 0 Å². The van der Waals surface area contributed by atoms with Gasteiger partial charge in [-0.3, -0.25) is 4.99 Å². The minimum Gasteiger partial charge on any atom is -0.274 e. The van der Waals surface area contributed by atoms with Crippen LogP contribution in [0.2, 0.25) is 0 Å². The zero-order valence-electron chi connectivity index (χ0n) is 8.69. The fraction of sp³-hybridized carbons (Fsp3) is 0.417. The van der Waals surface area contributed by atoms with Crippen molar-refractivity contribution in [1.82, 2.24) is 0 Å². The van der Waals surface area contributed by atoms with Crippen molar-refractivity contribution in [2.45, 2.75) is 24.6 Å². The highest BCUT2D eigenvalue weighted by atomic mass is 79.9. The lowest BCUT2D eigenvalue weighted by atomic mass is 10.1. The average molecular weight is 284 g/mol. The largest absolute Gasteiger partial charge is 0.274 e. The third-order valence-corrected chi connectivity index (χ3v) is 5.04. The second kappa shape index (κ2) is 5.17. The van der Waals surface area contributed by atoms with Crippen molar-refractivity contribution >= 4 is 32.7 Å². The molecule has 0 saturated heterocycles. The van der Waals surface area contributed by atoms with Gasteiger partial charge in [-0.15, -0.1) is 11.8 Å². The first-order valence-corrected chi connectivity index (χ1v) is 7.19. The average Bonchev–Trinajstić information content (AvgIpc) is 2.73. The topological polar surface area (TPSA) is 12.4 Å². The monoisotopic (exact) mass is 283 g/mol. The molecule has 0 saturated carbocycles. The van der Waals surface area contributed by atoms with Crippen molar-refractivity contribution in [3.05, 3.63) is 35.9 Å². The van der Waals surface area contributed by atoms with Crippen molar-refractivity contribution in [3.8, 4) is 0 Å². The number of rotatable bonds is 3. The Morgan fingerprint density at radius 2 is 2.07 bits per heavy atom. The summed E-state index contributed by atoms with van der Waals surface area (Å²) in [6.45, 7) is 2.17. The maximum Gasteiger partial charge on any atom is 0.0889 e. The number of aliphatic imine (C=N–C) groups is 1. The van der Waals surface area contributed by atoms with Crippen LogP contribution in [0.15, 0.2) is 35.3 Å². The molecular formula is C12H14BrNS. The fourth-order valence-electron chi connectivity index (χ4n) is 1.74. The number of benzene rings is 1. The zero-order chi connectivity index (χ0) is 10.7. The second-order valence-corrected chi connectivity index (χ2v) is 5.50. The minimum absolute atomic E-state index is 0.338. The molecule has 0 bridgehead atoms. The molecule has 1 nitrogen and oxygen atoms in total. The quantitative estimate of drug-likeness (QED) is 0.763. The summed E-state index contributed by atoms with van der Waals surface area (Å²) in [5.41, 5.74) is 1.33. The number of hydrogen-bond donors (Lipinski definition) is 0. The molecule has 0 unspecified atom stereocenters. The normalized spacial score (nSPS) is 25.3. The highest BCUT2D eigenvalue weighted by molar-refractivity contribution is 9.09. The second-order valence-electron chi connectivity index (χ2n) is 3.54. The van der Waals surface area contributed by atoms with E-state index in [1.54, 1.807) is 0 Å². The van der Waals surface area contributed by atoms with Gasteiger partial charge in [0.1, 0.15) is 0 Å². The SMILES string of the molecule is CCC1=N[C@@H](c2ccccc2)[C@H](CBr)S1. The van der Waals surface area contributed by atoms with Crippen LogP contribution >= 0.6 is 27.7 Å². The molecule has 80 valence electrons. The van der Waals surface area contributed by atoms with Gasteiger partial charge in [-0.05, 0) is 12.0 Å². The van der Waals surface area contributed by atoms with Gasteiger partial charge in [-0.25, -0.2) is 0 Å². The van der Waals surface area contributed by atoms with Crippen molar-refractivity contribution in [2.75, 3.05) is 5.33 Å². The maximum absolute atomic E-state index is 4.78. The summed E-state index contributed by atoms with van der Waals surface area (Å²) in [6, 6.07) is 10.9. The summed E-state index contributed by atoms with van der Waals surface area (Å²) >= 11 is 5.49. The van der Waals surface area contributed by atoms with Crippen LogP contribution in [0.3, 0.4) is 0 Å². The molecule has 0 fully saturated rings. The molecule has 2 atom stereocenters. The number of alkyl halides is 1. The minimum atomic E-state index is 0.338. The first-order chi connectivity index (χ1) is 7.35. The van der Waals surface area contributed by atoms with E-state index in [9.17, 15) is 0 Å². The third-order valence-electron chi connectivity index (χ3n) is 2.52. The van der Waals surface area contributed by atoms with E-state index in [1.807, 2.05) is 11.8 Å². The maximum atomic E-state index is 4.78. The van der Waals surface area contributed by atoms with Crippen molar-refractivity contribution in [1.29, 1.82) is 0 Å². The molecule has 0 aromatic heterocycles. The molecule has 2 rings (SSSR count). The Hall–Kier alpha value is -0.280. The van der Waals surface area contributed by atoms with Crippen LogP contribution in [0.25, 0.3) is 0 Å². The van der Waals surface area contributed by atoms with Crippen molar-refractivity contribution in [2.24, 2.45) is 4.99 Å². The van der Waals surface area contributed by atoms with Gasteiger partial charge in [0.2, 0.25) is 0 Å². The highest BCUT2D eigenvalue weighted by Crippen LogP contribution is 2.39. The van der Waals surface area contributed by atoms with Gasteiger partial charge in [-0.2, -0.15) is 0 Å². The van der Waals surface area contributed by atoms with Crippen LogP contribution in [-0.4, -0.2) is 15.6 Å². The molecule has 1 aliphatic rings. The summed E-state index contributed by atoms with van der Waals surface area (Å²) in [4.78, 5) is 4.78. The van der Waals surface area contributed by atoms with Gasteiger partial charge < -0.3 is 0 Å². The molecular weight excluding hydrogens is 270 g/mol. The van der Waals surface area contributed by atoms with E-state index >= 15 is 0 Å². The van der Waals surface area contributed by atoms with Crippen LogP contribution in [0.4, 0.5) is 0 Å². The van der Waals surface area contributed by atoms with E-state index in [2.05, 4.69) is 53.2 Å². The van der Waals surface area contributed by atoms with Crippen molar-refractivity contribution < 1.29 is 0 Å². The molecule has 1 aliphatic heterocycles. The van der Waals surface area contributed by atoms with Gasteiger partial charge in [0.25, 0.3) is 0 Å². The molecule has 1 aromatic rings. The predicted molar refractivity (Wildman–Crippen MR) is 72.1 cm³/mol. The van der Waals surface area contributed by atoms with Gasteiger partial charge in [0, 0.05) is 10.6 Å². The van der Waals surface area contributed by atoms with Crippen molar-refractivity contribution in [3.63, 3.8) is 0 Å². The summed E-state index contributed by atoms with van der Waals surface area (Å²) < 4.78 is 0. The van der Waals surface area contributed by atoms with Crippen LogP contribution in [0, 0.1) is 0 Å². The Balaban J connectivity index is 2.24. The Labute approximate surface area is 104 Å². The molecule has 0 N–H and O–H groups in total. The van der Waals surface area contributed by atoms with Gasteiger partial charge >= 0.3 is 0 Å². The number of thioether (sulfide) groups is 1. The van der Waals surface area contributed by atoms with E-state index < -0.39 is 0 Å². The van der Waals surface area contributed by atoms with Crippen LogP contribution < -0.4 is 0 Å². The molecule has 15 heavy (non-hydrogen) atoms. The van der Waals surface area contributed by atoms with Crippen LogP contribution in [0.5, 0.6) is 0 Å². The molecule has 1 heterocycles. The Morgan fingerprint density at radius 3 is 2.67 bits per heavy atom. The van der Waals surface area contributed by atoms with Gasteiger partial charge in [0.15, 0.2) is 0 Å². The molecule has 1 aromatic carbocycles. The Bertz CT molecular complexity index is 350. The van der Waals surface area contributed by atoms with E-state index in [0.29, 0.717) is 11.3 Å². The predicted octanol–water partition coefficient (Wildman–Crippen LogP) is 4.05. The third kappa shape index (κ3) is 2.45.